The molecule has 2 aromatic rings. The van der Waals surface area contributed by atoms with Crippen molar-refractivity contribution >= 4 is 5.91 Å². The van der Waals surface area contributed by atoms with E-state index in [0.717, 1.165) is 32.4 Å². The summed E-state index contributed by atoms with van der Waals surface area (Å²) in [5.74, 6) is 0.997. The van der Waals surface area contributed by atoms with Gasteiger partial charge >= 0.3 is 0 Å². The second kappa shape index (κ2) is 7.27. The SMILES string of the molecule is COc1ccc(C(=O)N2CCCCC(c3ccccc3)C2)cn1. The van der Waals surface area contributed by atoms with Crippen molar-refractivity contribution in [3.8, 4) is 5.88 Å². The van der Waals surface area contributed by atoms with Crippen LogP contribution in [0.15, 0.2) is 48.7 Å². The summed E-state index contributed by atoms with van der Waals surface area (Å²) in [6.45, 7) is 1.59. The van der Waals surface area contributed by atoms with E-state index in [9.17, 15) is 4.79 Å². The number of likely N-dealkylation sites (tertiary alicyclic amines) is 1. The smallest absolute Gasteiger partial charge is 0.255 e. The van der Waals surface area contributed by atoms with Crippen LogP contribution in [0.3, 0.4) is 0 Å². The van der Waals surface area contributed by atoms with Crippen LogP contribution < -0.4 is 4.74 Å². The number of carbonyl (C=O) groups excluding carboxylic acids is 1. The predicted octanol–water partition coefficient (Wildman–Crippen LogP) is 3.50. The molecule has 1 aliphatic rings. The van der Waals surface area contributed by atoms with Crippen molar-refractivity contribution in [1.29, 1.82) is 0 Å². The van der Waals surface area contributed by atoms with Gasteiger partial charge in [0.1, 0.15) is 0 Å². The Morgan fingerprint density at radius 2 is 2.00 bits per heavy atom. The highest BCUT2D eigenvalue weighted by atomic mass is 16.5. The van der Waals surface area contributed by atoms with Gasteiger partial charge in [-0.25, -0.2) is 4.98 Å². The average Bonchev–Trinajstić information content (AvgIpc) is 2.88. The molecule has 3 rings (SSSR count). The van der Waals surface area contributed by atoms with Crippen molar-refractivity contribution in [3.05, 3.63) is 59.8 Å². The molecule has 2 heterocycles. The first-order valence-corrected chi connectivity index (χ1v) is 8.12. The van der Waals surface area contributed by atoms with Gasteiger partial charge < -0.3 is 9.64 Å². The second-order valence-electron chi connectivity index (χ2n) is 5.94. The molecule has 0 bridgehead atoms. The number of carbonyl (C=O) groups is 1. The van der Waals surface area contributed by atoms with Crippen molar-refractivity contribution < 1.29 is 9.53 Å². The highest BCUT2D eigenvalue weighted by Crippen LogP contribution is 2.27. The molecule has 23 heavy (non-hydrogen) atoms. The van der Waals surface area contributed by atoms with E-state index in [2.05, 4.69) is 29.2 Å². The van der Waals surface area contributed by atoms with E-state index in [1.54, 1.807) is 25.4 Å². The minimum Gasteiger partial charge on any atom is -0.481 e. The molecule has 0 N–H and O–H groups in total. The molecular weight excluding hydrogens is 288 g/mol. The van der Waals surface area contributed by atoms with Gasteiger partial charge in [-0.3, -0.25) is 4.79 Å². The maximum Gasteiger partial charge on any atom is 0.255 e. The number of methoxy groups -OCH3 is 1. The molecule has 0 saturated carbocycles. The molecule has 4 heteroatoms. The lowest BCUT2D eigenvalue weighted by atomic mass is 9.94. The minimum atomic E-state index is 0.0583. The van der Waals surface area contributed by atoms with Crippen LogP contribution in [0, 0.1) is 0 Å². The normalized spacial score (nSPS) is 18.3. The van der Waals surface area contributed by atoms with E-state index < -0.39 is 0 Å². The third-order valence-electron chi connectivity index (χ3n) is 4.42. The summed E-state index contributed by atoms with van der Waals surface area (Å²) < 4.78 is 5.05. The summed E-state index contributed by atoms with van der Waals surface area (Å²) in [6, 6.07) is 14.0. The molecule has 1 amide bonds. The largest absolute Gasteiger partial charge is 0.481 e. The fraction of sp³-hybridized carbons (Fsp3) is 0.368. The summed E-state index contributed by atoms with van der Waals surface area (Å²) in [5, 5.41) is 0. The van der Waals surface area contributed by atoms with Gasteiger partial charge in [-0.1, -0.05) is 36.8 Å². The van der Waals surface area contributed by atoms with E-state index >= 15 is 0 Å². The van der Waals surface area contributed by atoms with Gasteiger partial charge in [0.2, 0.25) is 5.88 Å². The van der Waals surface area contributed by atoms with Gasteiger partial charge in [-0.2, -0.15) is 0 Å². The van der Waals surface area contributed by atoms with Crippen LogP contribution >= 0.6 is 0 Å². The van der Waals surface area contributed by atoms with Crippen LogP contribution in [0.1, 0.15) is 41.1 Å². The lowest BCUT2D eigenvalue weighted by Crippen LogP contribution is -2.34. The zero-order valence-corrected chi connectivity index (χ0v) is 13.4. The minimum absolute atomic E-state index is 0.0583. The van der Waals surface area contributed by atoms with Crippen LogP contribution in [0.4, 0.5) is 0 Å². The third-order valence-corrected chi connectivity index (χ3v) is 4.42. The van der Waals surface area contributed by atoms with E-state index in [-0.39, 0.29) is 5.91 Å². The Hall–Kier alpha value is -2.36. The number of aromatic nitrogens is 1. The van der Waals surface area contributed by atoms with Crippen LogP contribution in [-0.4, -0.2) is 36.0 Å². The molecule has 1 aromatic heterocycles. The molecule has 1 saturated heterocycles. The second-order valence-corrected chi connectivity index (χ2v) is 5.94. The molecule has 1 aliphatic heterocycles. The number of hydrogen-bond donors (Lipinski definition) is 0. The first-order chi connectivity index (χ1) is 11.3. The van der Waals surface area contributed by atoms with Gasteiger partial charge in [-0.05, 0) is 24.5 Å². The zero-order chi connectivity index (χ0) is 16.1. The van der Waals surface area contributed by atoms with E-state index in [1.165, 1.54) is 5.56 Å². The monoisotopic (exact) mass is 310 g/mol. The molecule has 1 unspecified atom stereocenters. The highest BCUT2D eigenvalue weighted by molar-refractivity contribution is 5.94. The average molecular weight is 310 g/mol. The Labute approximate surface area is 137 Å². The van der Waals surface area contributed by atoms with E-state index in [0.29, 0.717) is 17.4 Å². The fourth-order valence-corrected chi connectivity index (χ4v) is 3.13. The molecule has 0 aliphatic carbocycles. The number of amides is 1. The Morgan fingerprint density at radius 1 is 1.17 bits per heavy atom. The lowest BCUT2D eigenvalue weighted by Gasteiger charge is -2.25. The first-order valence-electron chi connectivity index (χ1n) is 8.12. The van der Waals surface area contributed by atoms with Crippen molar-refractivity contribution in [2.45, 2.75) is 25.2 Å². The summed E-state index contributed by atoms with van der Waals surface area (Å²) in [4.78, 5) is 18.9. The Kier molecular flexibility index (Phi) is 4.91. The van der Waals surface area contributed by atoms with Crippen molar-refractivity contribution in [2.75, 3.05) is 20.2 Å². The molecule has 0 spiro atoms. The van der Waals surface area contributed by atoms with Crippen LogP contribution in [0.25, 0.3) is 0 Å². The number of ether oxygens (including phenoxy) is 1. The molecule has 1 fully saturated rings. The number of rotatable bonds is 3. The van der Waals surface area contributed by atoms with Crippen molar-refractivity contribution in [1.82, 2.24) is 9.88 Å². The van der Waals surface area contributed by atoms with Crippen LogP contribution in [0.5, 0.6) is 5.88 Å². The van der Waals surface area contributed by atoms with E-state index in [1.807, 2.05) is 11.0 Å². The number of benzene rings is 1. The van der Waals surface area contributed by atoms with Gasteiger partial charge in [-0.15, -0.1) is 0 Å². The van der Waals surface area contributed by atoms with Crippen molar-refractivity contribution in [3.63, 3.8) is 0 Å². The van der Waals surface area contributed by atoms with E-state index in [4.69, 9.17) is 4.74 Å². The van der Waals surface area contributed by atoms with Crippen LogP contribution in [-0.2, 0) is 0 Å². The van der Waals surface area contributed by atoms with Gasteiger partial charge in [0.25, 0.3) is 5.91 Å². The number of hydrogen-bond acceptors (Lipinski definition) is 3. The molecule has 120 valence electrons. The Bertz CT molecular complexity index is 640. The maximum atomic E-state index is 12.8. The predicted molar refractivity (Wildman–Crippen MR) is 89.7 cm³/mol. The van der Waals surface area contributed by atoms with Gasteiger partial charge in [0.05, 0.1) is 12.7 Å². The quantitative estimate of drug-likeness (QED) is 0.871. The van der Waals surface area contributed by atoms with Gasteiger partial charge in [0.15, 0.2) is 0 Å². The first kappa shape index (κ1) is 15.5. The molecule has 1 aromatic carbocycles. The lowest BCUT2D eigenvalue weighted by molar-refractivity contribution is 0.0754. The summed E-state index contributed by atoms with van der Waals surface area (Å²) in [7, 11) is 1.57. The fourth-order valence-electron chi connectivity index (χ4n) is 3.13. The van der Waals surface area contributed by atoms with Crippen molar-refractivity contribution in [2.24, 2.45) is 0 Å². The molecule has 4 nitrogen and oxygen atoms in total. The Morgan fingerprint density at radius 3 is 2.70 bits per heavy atom. The molecular formula is C19H22N2O2. The summed E-state index contributed by atoms with van der Waals surface area (Å²) in [5.41, 5.74) is 1.94. The molecule has 1 atom stereocenters. The third kappa shape index (κ3) is 3.70. The highest BCUT2D eigenvalue weighted by Gasteiger charge is 2.24. The van der Waals surface area contributed by atoms with Crippen LogP contribution in [0.2, 0.25) is 0 Å². The topological polar surface area (TPSA) is 42.4 Å². The number of nitrogens with zero attached hydrogens (tertiary/aromatic N) is 2. The standard InChI is InChI=1S/C19H22N2O2/c1-23-18-11-10-16(13-20-18)19(22)21-12-6-5-9-17(14-21)15-7-3-2-4-8-15/h2-4,7-8,10-11,13,17H,5-6,9,12,14H2,1H3. The zero-order valence-electron chi connectivity index (χ0n) is 13.4. The number of pyridine rings is 1. The maximum absolute atomic E-state index is 12.8. The summed E-state index contributed by atoms with van der Waals surface area (Å²) in [6.07, 6.45) is 4.95. The summed E-state index contributed by atoms with van der Waals surface area (Å²) >= 11 is 0. The Balaban J connectivity index is 1.76. The van der Waals surface area contributed by atoms with Gasteiger partial charge in [0, 0.05) is 31.3 Å². The molecule has 0 radical (unpaired) electrons.